The van der Waals surface area contributed by atoms with Crippen molar-refractivity contribution in [3.8, 4) is 0 Å². The third kappa shape index (κ3) is 7.66. The number of carboxylic acids is 1. The minimum Gasteiger partial charge on any atom is -0.481 e. The summed E-state index contributed by atoms with van der Waals surface area (Å²) < 4.78 is 6.09. The molecule has 0 aromatic heterocycles. The highest BCUT2D eigenvalue weighted by molar-refractivity contribution is 5.67. The van der Waals surface area contributed by atoms with Crippen molar-refractivity contribution in [3.63, 3.8) is 0 Å². The van der Waals surface area contributed by atoms with E-state index in [4.69, 9.17) is 9.84 Å². The molecular formula is C28H39NO4. The van der Waals surface area contributed by atoms with Gasteiger partial charge in [-0.15, -0.1) is 0 Å². The van der Waals surface area contributed by atoms with Crippen LogP contribution in [0.25, 0.3) is 0 Å². The first-order valence-corrected chi connectivity index (χ1v) is 12.2. The Morgan fingerprint density at radius 1 is 1.12 bits per heavy atom. The van der Waals surface area contributed by atoms with E-state index in [-0.39, 0.29) is 24.7 Å². The largest absolute Gasteiger partial charge is 0.481 e. The standard InChI is InChI=1S/C28H39NO4/c1-4-26(25-12-8-7-9-21(25)13-14-27(31)32)33-19-24(30)18-29-28(2,3)17-20-15-22-10-5-6-11-23(22)16-20/h5-12,20,24,26,29-30H,4,13-19H2,1-3H3,(H,31,32)/t24-,26-/m1/s1. The quantitative estimate of drug-likeness (QED) is 0.410. The Hall–Kier alpha value is -2.21. The summed E-state index contributed by atoms with van der Waals surface area (Å²) in [6.07, 6.45) is 3.90. The Bertz CT molecular complexity index is 885. The molecule has 0 radical (unpaired) electrons. The van der Waals surface area contributed by atoms with Crippen molar-refractivity contribution in [3.05, 3.63) is 70.8 Å². The predicted octanol–water partition coefficient (Wildman–Crippen LogP) is 4.71. The number of carbonyl (C=O) groups is 1. The zero-order valence-corrected chi connectivity index (χ0v) is 20.2. The van der Waals surface area contributed by atoms with Gasteiger partial charge in [-0.05, 0) is 74.1 Å². The molecule has 0 amide bonds. The van der Waals surface area contributed by atoms with E-state index in [9.17, 15) is 9.90 Å². The lowest BCUT2D eigenvalue weighted by Crippen LogP contribution is -2.45. The van der Waals surface area contributed by atoms with Gasteiger partial charge in [-0.3, -0.25) is 4.79 Å². The second-order valence-corrected chi connectivity index (χ2v) is 9.99. The van der Waals surface area contributed by atoms with E-state index < -0.39 is 12.1 Å². The van der Waals surface area contributed by atoms with E-state index in [1.54, 1.807) is 0 Å². The van der Waals surface area contributed by atoms with E-state index in [1.807, 2.05) is 31.2 Å². The van der Waals surface area contributed by atoms with Crippen LogP contribution in [0.2, 0.25) is 0 Å². The number of rotatable bonds is 13. The average Bonchev–Trinajstić information content (AvgIpc) is 3.19. The molecule has 3 N–H and O–H groups in total. The number of hydrogen-bond donors (Lipinski definition) is 3. The zero-order valence-electron chi connectivity index (χ0n) is 20.2. The van der Waals surface area contributed by atoms with Crippen molar-refractivity contribution in [2.45, 2.75) is 77.0 Å². The van der Waals surface area contributed by atoms with Crippen LogP contribution in [-0.2, 0) is 28.8 Å². The Labute approximate surface area is 198 Å². The Kier molecular flexibility index (Phi) is 9.07. The van der Waals surface area contributed by atoms with Gasteiger partial charge >= 0.3 is 5.97 Å². The molecule has 2 atom stereocenters. The van der Waals surface area contributed by atoms with E-state index in [2.05, 4.69) is 43.4 Å². The van der Waals surface area contributed by atoms with Crippen molar-refractivity contribution in [1.82, 2.24) is 5.32 Å². The number of aliphatic carboxylic acids is 1. The molecule has 0 fully saturated rings. The summed E-state index contributed by atoms with van der Waals surface area (Å²) >= 11 is 0. The van der Waals surface area contributed by atoms with Gasteiger partial charge in [-0.25, -0.2) is 0 Å². The summed E-state index contributed by atoms with van der Waals surface area (Å²) in [5.74, 6) is -0.172. The van der Waals surface area contributed by atoms with Crippen LogP contribution in [-0.4, -0.2) is 41.0 Å². The summed E-state index contributed by atoms with van der Waals surface area (Å²) in [5.41, 5.74) is 4.89. The molecule has 5 heteroatoms. The molecule has 33 heavy (non-hydrogen) atoms. The highest BCUT2D eigenvalue weighted by Gasteiger charge is 2.28. The molecule has 180 valence electrons. The highest BCUT2D eigenvalue weighted by atomic mass is 16.5. The van der Waals surface area contributed by atoms with Gasteiger partial charge in [0.15, 0.2) is 0 Å². The molecule has 5 nitrogen and oxygen atoms in total. The lowest BCUT2D eigenvalue weighted by molar-refractivity contribution is -0.136. The number of aryl methyl sites for hydroxylation is 1. The second-order valence-electron chi connectivity index (χ2n) is 9.99. The fraction of sp³-hybridized carbons (Fsp3) is 0.536. The van der Waals surface area contributed by atoms with Crippen LogP contribution in [0.5, 0.6) is 0 Å². The van der Waals surface area contributed by atoms with Crippen LogP contribution in [0.3, 0.4) is 0 Å². The van der Waals surface area contributed by atoms with Crippen LogP contribution in [0.4, 0.5) is 0 Å². The van der Waals surface area contributed by atoms with E-state index in [0.29, 0.717) is 18.9 Å². The maximum atomic E-state index is 11.0. The predicted molar refractivity (Wildman–Crippen MR) is 131 cm³/mol. The van der Waals surface area contributed by atoms with Gasteiger partial charge in [0.1, 0.15) is 0 Å². The van der Waals surface area contributed by atoms with Crippen molar-refractivity contribution in [1.29, 1.82) is 0 Å². The van der Waals surface area contributed by atoms with Crippen LogP contribution < -0.4 is 5.32 Å². The molecule has 3 rings (SSSR count). The average molecular weight is 454 g/mol. The Morgan fingerprint density at radius 2 is 1.76 bits per heavy atom. The van der Waals surface area contributed by atoms with Crippen molar-refractivity contribution >= 4 is 5.97 Å². The van der Waals surface area contributed by atoms with Gasteiger partial charge in [0.2, 0.25) is 0 Å². The molecule has 0 heterocycles. The summed E-state index contributed by atoms with van der Waals surface area (Å²) in [4.78, 5) is 11.0. The topological polar surface area (TPSA) is 78.8 Å². The number of β-amino-alcohol motifs (C(OH)–C–C–N with tert-alkyl or cyclic N) is 1. The van der Waals surface area contributed by atoms with Crippen LogP contribution in [0.15, 0.2) is 48.5 Å². The van der Waals surface area contributed by atoms with Gasteiger partial charge in [0, 0.05) is 18.5 Å². The summed E-state index contributed by atoms with van der Waals surface area (Å²) in [5, 5.41) is 23.2. The minimum absolute atomic E-state index is 0.0682. The smallest absolute Gasteiger partial charge is 0.303 e. The van der Waals surface area contributed by atoms with Crippen molar-refractivity contribution < 1.29 is 19.7 Å². The fourth-order valence-electron chi connectivity index (χ4n) is 5.01. The van der Waals surface area contributed by atoms with E-state index in [0.717, 1.165) is 36.8 Å². The molecule has 2 aromatic rings. The van der Waals surface area contributed by atoms with Gasteiger partial charge in [0.05, 0.1) is 18.8 Å². The molecule has 2 aromatic carbocycles. The first-order valence-electron chi connectivity index (χ1n) is 12.2. The summed E-state index contributed by atoms with van der Waals surface area (Å²) in [6, 6.07) is 16.6. The number of ether oxygens (including phenoxy) is 1. The van der Waals surface area contributed by atoms with Gasteiger partial charge < -0.3 is 20.3 Å². The normalized spacial score (nSPS) is 15.9. The van der Waals surface area contributed by atoms with Crippen LogP contribution >= 0.6 is 0 Å². The zero-order chi connectivity index (χ0) is 23.8. The first kappa shape index (κ1) is 25.4. The molecular weight excluding hydrogens is 414 g/mol. The number of fused-ring (bicyclic) bond motifs is 1. The molecule has 1 aliphatic carbocycles. The molecule has 0 saturated carbocycles. The maximum absolute atomic E-state index is 11.0. The van der Waals surface area contributed by atoms with Crippen molar-refractivity contribution in [2.24, 2.45) is 5.92 Å². The monoisotopic (exact) mass is 453 g/mol. The SMILES string of the molecule is CC[C@@H](OC[C@H](O)CNC(C)(C)CC1Cc2ccccc2C1)c1ccccc1CCC(=O)O. The molecule has 1 aliphatic rings. The third-order valence-corrected chi connectivity index (χ3v) is 6.62. The number of hydrogen-bond acceptors (Lipinski definition) is 4. The Balaban J connectivity index is 1.46. The van der Waals surface area contributed by atoms with Gasteiger partial charge in [-0.2, -0.15) is 0 Å². The lowest BCUT2D eigenvalue weighted by Gasteiger charge is -2.31. The van der Waals surface area contributed by atoms with Crippen LogP contribution in [0.1, 0.15) is 68.4 Å². The highest BCUT2D eigenvalue weighted by Crippen LogP contribution is 2.32. The first-order chi connectivity index (χ1) is 15.8. The number of carboxylic acid groups (broad SMARTS) is 1. The molecule has 0 unspecified atom stereocenters. The number of benzene rings is 2. The molecule has 0 aliphatic heterocycles. The lowest BCUT2D eigenvalue weighted by atomic mass is 9.88. The molecule has 0 spiro atoms. The number of aliphatic hydroxyl groups excluding tert-OH is 1. The van der Waals surface area contributed by atoms with E-state index >= 15 is 0 Å². The minimum atomic E-state index is -0.802. The Morgan fingerprint density at radius 3 is 2.39 bits per heavy atom. The summed E-state index contributed by atoms with van der Waals surface area (Å²) in [7, 11) is 0. The third-order valence-electron chi connectivity index (χ3n) is 6.62. The van der Waals surface area contributed by atoms with E-state index in [1.165, 1.54) is 11.1 Å². The van der Waals surface area contributed by atoms with Gasteiger partial charge in [-0.1, -0.05) is 55.5 Å². The summed E-state index contributed by atoms with van der Waals surface area (Å²) in [6.45, 7) is 7.17. The number of aliphatic hydroxyl groups is 1. The second kappa shape index (κ2) is 11.8. The van der Waals surface area contributed by atoms with Gasteiger partial charge in [0.25, 0.3) is 0 Å². The number of nitrogens with one attached hydrogen (secondary N) is 1. The van der Waals surface area contributed by atoms with Crippen LogP contribution in [0, 0.1) is 5.92 Å². The maximum Gasteiger partial charge on any atom is 0.303 e. The fourth-order valence-corrected chi connectivity index (χ4v) is 5.01. The molecule has 0 bridgehead atoms. The van der Waals surface area contributed by atoms with Crippen molar-refractivity contribution in [2.75, 3.05) is 13.2 Å². The molecule has 0 saturated heterocycles.